The Balaban J connectivity index is 1.79. The highest BCUT2D eigenvalue weighted by Gasteiger charge is 2.14. The Bertz CT molecular complexity index is 933. The first-order valence-corrected chi connectivity index (χ1v) is 8.49. The van der Waals surface area contributed by atoms with E-state index in [4.69, 9.17) is 0 Å². The molecule has 0 atom stereocenters. The van der Waals surface area contributed by atoms with Gasteiger partial charge in [-0.2, -0.15) is 0 Å². The number of fused-ring (bicyclic) bond motifs is 1. The summed E-state index contributed by atoms with van der Waals surface area (Å²) in [6, 6.07) is 23.6. The molecule has 0 radical (unpaired) electrons. The average molecular weight is 311 g/mol. The fraction of sp³-hybridized carbons (Fsp3) is 0.130. The lowest BCUT2D eigenvalue weighted by Gasteiger charge is -2.16. The molecule has 0 aliphatic heterocycles. The Morgan fingerprint density at radius 2 is 1.67 bits per heavy atom. The molecule has 3 aromatic carbocycles. The summed E-state index contributed by atoms with van der Waals surface area (Å²) in [6.07, 6.45) is 5.52. The monoisotopic (exact) mass is 311 g/mol. The van der Waals surface area contributed by atoms with E-state index >= 15 is 0 Å². The number of rotatable bonds is 4. The van der Waals surface area contributed by atoms with E-state index in [9.17, 15) is 0 Å². The Labute approximate surface area is 143 Å². The van der Waals surface area contributed by atoms with Crippen molar-refractivity contribution in [3.8, 4) is 0 Å². The Morgan fingerprint density at radius 1 is 0.875 bits per heavy atom. The molecule has 1 heteroatoms. The van der Waals surface area contributed by atoms with Crippen molar-refractivity contribution in [2.75, 3.05) is 5.32 Å². The molecule has 1 aliphatic rings. The number of anilines is 1. The van der Waals surface area contributed by atoms with Gasteiger partial charge in [-0.15, -0.1) is 0 Å². The number of allylic oxidation sites excluding steroid dienone is 4. The zero-order valence-electron chi connectivity index (χ0n) is 13.9. The first kappa shape index (κ1) is 14.8. The van der Waals surface area contributed by atoms with Crippen LogP contribution in [0.3, 0.4) is 0 Å². The Morgan fingerprint density at radius 3 is 2.46 bits per heavy atom. The van der Waals surface area contributed by atoms with Crippen LogP contribution in [0.25, 0.3) is 16.3 Å². The molecule has 24 heavy (non-hydrogen) atoms. The van der Waals surface area contributed by atoms with Gasteiger partial charge in [0.1, 0.15) is 0 Å². The second kappa shape index (κ2) is 6.37. The molecule has 1 aliphatic carbocycles. The number of hydrogen-bond acceptors (Lipinski definition) is 1. The molecule has 0 bridgehead atoms. The van der Waals surface area contributed by atoms with Crippen molar-refractivity contribution in [1.29, 1.82) is 0 Å². The van der Waals surface area contributed by atoms with Crippen LogP contribution < -0.4 is 5.32 Å². The topological polar surface area (TPSA) is 12.0 Å². The molecular weight excluding hydrogens is 290 g/mol. The Hall–Kier alpha value is -2.80. The van der Waals surface area contributed by atoms with E-state index in [0.717, 1.165) is 18.7 Å². The molecule has 0 saturated carbocycles. The van der Waals surface area contributed by atoms with Crippen LogP contribution in [0.1, 0.15) is 24.5 Å². The van der Waals surface area contributed by atoms with Gasteiger partial charge < -0.3 is 5.32 Å². The summed E-state index contributed by atoms with van der Waals surface area (Å²) in [6.45, 7) is 3.04. The fourth-order valence-electron chi connectivity index (χ4n) is 3.49. The minimum atomic E-state index is 0.831. The van der Waals surface area contributed by atoms with Gasteiger partial charge in [0.25, 0.3) is 0 Å². The largest absolute Gasteiger partial charge is 0.381 e. The summed E-state index contributed by atoms with van der Waals surface area (Å²) in [4.78, 5) is 0. The van der Waals surface area contributed by atoms with Crippen LogP contribution >= 0.6 is 0 Å². The fourth-order valence-corrected chi connectivity index (χ4v) is 3.49. The van der Waals surface area contributed by atoms with Gasteiger partial charge in [0, 0.05) is 12.2 Å². The SMILES string of the molecule is CC1=C(c2ccc3ccccc3c2CNc2ccccc2)CC=C1. The van der Waals surface area contributed by atoms with Gasteiger partial charge in [0.05, 0.1) is 0 Å². The summed E-state index contributed by atoms with van der Waals surface area (Å²) in [7, 11) is 0. The van der Waals surface area contributed by atoms with Crippen molar-refractivity contribution in [2.45, 2.75) is 19.9 Å². The summed E-state index contributed by atoms with van der Waals surface area (Å²) in [5, 5.41) is 6.23. The molecule has 4 rings (SSSR count). The highest BCUT2D eigenvalue weighted by atomic mass is 14.9. The predicted molar refractivity (Wildman–Crippen MR) is 104 cm³/mol. The molecule has 0 unspecified atom stereocenters. The minimum absolute atomic E-state index is 0.831. The maximum absolute atomic E-state index is 3.59. The minimum Gasteiger partial charge on any atom is -0.381 e. The maximum Gasteiger partial charge on any atom is 0.0413 e. The number of para-hydroxylation sites is 1. The molecule has 0 saturated heterocycles. The molecule has 0 aromatic heterocycles. The summed E-state index contributed by atoms with van der Waals surface area (Å²) in [5.41, 5.74) is 6.75. The third-order valence-corrected chi connectivity index (χ3v) is 4.77. The molecule has 0 fully saturated rings. The van der Waals surface area contributed by atoms with Crippen LogP contribution in [-0.2, 0) is 6.54 Å². The van der Waals surface area contributed by atoms with E-state index < -0.39 is 0 Å². The normalized spacial score (nSPS) is 13.7. The first-order valence-electron chi connectivity index (χ1n) is 8.49. The van der Waals surface area contributed by atoms with Crippen molar-refractivity contribution >= 4 is 22.0 Å². The second-order valence-electron chi connectivity index (χ2n) is 6.30. The molecule has 118 valence electrons. The van der Waals surface area contributed by atoms with Crippen LogP contribution in [0.4, 0.5) is 5.69 Å². The smallest absolute Gasteiger partial charge is 0.0413 e. The van der Waals surface area contributed by atoms with E-state index in [1.54, 1.807) is 0 Å². The van der Waals surface area contributed by atoms with E-state index in [2.05, 4.69) is 85.1 Å². The van der Waals surface area contributed by atoms with Crippen LogP contribution in [-0.4, -0.2) is 0 Å². The van der Waals surface area contributed by atoms with Crippen molar-refractivity contribution in [3.05, 3.63) is 95.6 Å². The zero-order chi connectivity index (χ0) is 16.4. The third-order valence-electron chi connectivity index (χ3n) is 4.77. The van der Waals surface area contributed by atoms with E-state index in [0.29, 0.717) is 0 Å². The van der Waals surface area contributed by atoms with Crippen LogP contribution in [0.2, 0.25) is 0 Å². The summed E-state index contributed by atoms with van der Waals surface area (Å²) in [5.74, 6) is 0. The van der Waals surface area contributed by atoms with Gasteiger partial charge in [-0.05, 0) is 58.5 Å². The van der Waals surface area contributed by atoms with Crippen molar-refractivity contribution in [1.82, 2.24) is 0 Å². The van der Waals surface area contributed by atoms with Gasteiger partial charge in [-0.25, -0.2) is 0 Å². The van der Waals surface area contributed by atoms with E-state index in [1.165, 1.54) is 33.0 Å². The zero-order valence-corrected chi connectivity index (χ0v) is 13.9. The lowest BCUT2D eigenvalue weighted by Crippen LogP contribution is -2.04. The number of benzene rings is 3. The summed E-state index contributed by atoms with van der Waals surface area (Å²) < 4.78 is 0. The lowest BCUT2D eigenvalue weighted by atomic mass is 9.92. The molecular formula is C23H21N. The summed E-state index contributed by atoms with van der Waals surface area (Å²) >= 11 is 0. The van der Waals surface area contributed by atoms with Crippen LogP contribution in [0, 0.1) is 0 Å². The standard InChI is InChI=1S/C23H21N/c1-17-8-7-13-20(17)22-15-14-18-9-5-6-12-21(18)23(22)16-24-19-10-3-2-4-11-19/h2-12,14-15,24H,13,16H2,1H3. The molecule has 0 heterocycles. The average Bonchev–Trinajstić information content (AvgIpc) is 3.06. The Kier molecular flexibility index (Phi) is 3.92. The molecule has 1 nitrogen and oxygen atoms in total. The molecule has 0 spiro atoms. The highest BCUT2D eigenvalue weighted by Crippen LogP contribution is 2.34. The molecule has 0 amide bonds. The van der Waals surface area contributed by atoms with Gasteiger partial charge in [0.2, 0.25) is 0 Å². The molecule has 1 N–H and O–H groups in total. The van der Waals surface area contributed by atoms with Crippen molar-refractivity contribution in [2.24, 2.45) is 0 Å². The first-order chi connectivity index (χ1) is 11.8. The van der Waals surface area contributed by atoms with Gasteiger partial charge in [0.15, 0.2) is 0 Å². The highest BCUT2D eigenvalue weighted by molar-refractivity contribution is 5.92. The maximum atomic E-state index is 3.59. The van der Waals surface area contributed by atoms with Crippen LogP contribution in [0.5, 0.6) is 0 Å². The second-order valence-corrected chi connectivity index (χ2v) is 6.30. The number of hydrogen-bond donors (Lipinski definition) is 1. The quantitative estimate of drug-likeness (QED) is 0.606. The molecule has 3 aromatic rings. The predicted octanol–water partition coefficient (Wildman–Crippen LogP) is 6.19. The van der Waals surface area contributed by atoms with Crippen molar-refractivity contribution < 1.29 is 0 Å². The van der Waals surface area contributed by atoms with Gasteiger partial charge in [-0.1, -0.05) is 66.7 Å². The van der Waals surface area contributed by atoms with Gasteiger partial charge in [-0.3, -0.25) is 0 Å². The van der Waals surface area contributed by atoms with Crippen molar-refractivity contribution in [3.63, 3.8) is 0 Å². The van der Waals surface area contributed by atoms with Crippen LogP contribution in [0.15, 0.2) is 84.5 Å². The van der Waals surface area contributed by atoms with Gasteiger partial charge >= 0.3 is 0 Å². The van der Waals surface area contributed by atoms with E-state index in [-0.39, 0.29) is 0 Å². The lowest BCUT2D eigenvalue weighted by molar-refractivity contribution is 1.15. The number of nitrogens with one attached hydrogen (secondary N) is 1. The third kappa shape index (κ3) is 2.74. The van der Waals surface area contributed by atoms with E-state index in [1.807, 2.05) is 6.07 Å².